The second kappa shape index (κ2) is 11.7. The first-order chi connectivity index (χ1) is 12.4. The van der Waals surface area contributed by atoms with Crippen LogP contribution in [-0.4, -0.2) is 59.3 Å². The number of amides is 2. The summed E-state index contributed by atoms with van der Waals surface area (Å²) in [5.74, 6) is -2.85. The maximum Gasteiger partial charge on any atom is 0.312 e. The van der Waals surface area contributed by atoms with Crippen molar-refractivity contribution >= 4 is 17.8 Å². The van der Waals surface area contributed by atoms with Crippen LogP contribution >= 0.6 is 0 Å². The first-order valence-corrected chi connectivity index (χ1v) is 8.40. The average Bonchev–Trinajstić information content (AvgIpc) is 2.58. The molecule has 0 aliphatic heterocycles. The molecule has 2 amide bonds. The van der Waals surface area contributed by atoms with Crippen LogP contribution in [0.1, 0.15) is 36.0 Å². The van der Waals surface area contributed by atoms with Crippen molar-refractivity contribution in [1.29, 1.82) is 0 Å². The van der Waals surface area contributed by atoms with E-state index in [9.17, 15) is 24.6 Å². The van der Waals surface area contributed by atoms with Crippen LogP contribution in [0, 0.1) is 0 Å². The third kappa shape index (κ3) is 8.34. The highest BCUT2D eigenvalue weighted by Crippen LogP contribution is 2.27. The molecule has 0 saturated carbocycles. The van der Waals surface area contributed by atoms with Gasteiger partial charge in [0.25, 0.3) is 5.91 Å². The number of para-hydroxylation sites is 1. The Hall–Kier alpha value is -2.81. The van der Waals surface area contributed by atoms with E-state index in [0.717, 1.165) is 19.4 Å². The number of rotatable bonds is 12. The van der Waals surface area contributed by atoms with Gasteiger partial charge < -0.3 is 31.3 Å². The van der Waals surface area contributed by atoms with Gasteiger partial charge >= 0.3 is 5.97 Å². The van der Waals surface area contributed by atoms with Crippen molar-refractivity contribution in [1.82, 2.24) is 16.0 Å². The molecule has 1 aromatic carbocycles. The van der Waals surface area contributed by atoms with E-state index in [2.05, 4.69) is 16.0 Å². The van der Waals surface area contributed by atoms with E-state index in [0.29, 0.717) is 26.1 Å². The van der Waals surface area contributed by atoms with Crippen molar-refractivity contribution in [2.75, 3.05) is 26.2 Å². The zero-order chi connectivity index (χ0) is 19.4. The third-order valence-corrected chi connectivity index (χ3v) is 3.49. The highest BCUT2D eigenvalue weighted by Gasteiger charge is 2.12. The molecular formula is C17H25N3O6. The fourth-order valence-corrected chi connectivity index (χ4v) is 2.15. The Kier molecular flexibility index (Phi) is 9.55. The van der Waals surface area contributed by atoms with Crippen molar-refractivity contribution in [2.45, 2.75) is 25.7 Å². The van der Waals surface area contributed by atoms with Gasteiger partial charge in [0.05, 0.1) is 5.56 Å². The molecule has 0 aliphatic carbocycles. The number of phenolic OH excluding ortho intramolecular Hbond substituents is 2. The van der Waals surface area contributed by atoms with Gasteiger partial charge in [-0.15, -0.1) is 0 Å². The number of nitrogens with one attached hydrogen (secondary N) is 3. The van der Waals surface area contributed by atoms with Crippen molar-refractivity contribution in [3.63, 3.8) is 0 Å². The molecule has 0 fully saturated rings. The second-order valence-corrected chi connectivity index (χ2v) is 5.66. The van der Waals surface area contributed by atoms with E-state index in [1.54, 1.807) is 0 Å². The Morgan fingerprint density at radius 1 is 0.885 bits per heavy atom. The third-order valence-electron chi connectivity index (χ3n) is 3.49. The molecule has 1 aromatic rings. The molecule has 1 rings (SSSR count). The lowest BCUT2D eigenvalue weighted by Gasteiger charge is -2.08. The molecule has 0 heterocycles. The largest absolute Gasteiger partial charge is 0.504 e. The molecule has 0 aromatic heterocycles. The predicted octanol–water partition coefficient (Wildman–Crippen LogP) is 0.178. The van der Waals surface area contributed by atoms with Crippen LogP contribution in [0.15, 0.2) is 18.2 Å². The molecule has 6 N–H and O–H groups in total. The summed E-state index contributed by atoms with van der Waals surface area (Å²) >= 11 is 0. The minimum Gasteiger partial charge on any atom is -0.504 e. The minimum absolute atomic E-state index is 0.0305. The molecule has 0 radical (unpaired) electrons. The van der Waals surface area contributed by atoms with E-state index in [4.69, 9.17) is 5.11 Å². The number of aromatic hydroxyl groups is 2. The number of carbonyl (C=O) groups excluding carboxylic acids is 2. The highest BCUT2D eigenvalue weighted by atomic mass is 16.4. The number of hydrogen-bond acceptors (Lipinski definition) is 6. The van der Waals surface area contributed by atoms with Crippen LogP contribution in [0.25, 0.3) is 0 Å². The van der Waals surface area contributed by atoms with Crippen molar-refractivity contribution in [2.24, 2.45) is 0 Å². The summed E-state index contributed by atoms with van der Waals surface area (Å²) in [6.07, 6.45) is 1.76. The summed E-state index contributed by atoms with van der Waals surface area (Å²) in [5, 5.41) is 35.8. The summed E-state index contributed by atoms with van der Waals surface area (Å²) in [6.45, 7) is 2.30. The number of carboxylic acid groups (broad SMARTS) is 1. The summed E-state index contributed by atoms with van der Waals surface area (Å²) < 4.78 is 0. The Labute approximate surface area is 151 Å². The summed E-state index contributed by atoms with van der Waals surface area (Å²) in [7, 11) is 0. The van der Waals surface area contributed by atoms with Gasteiger partial charge in [-0.1, -0.05) is 6.07 Å². The van der Waals surface area contributed by atoms with Gasteiger partial charge in [0, 0.05) is 13.1 Å². The summed E-state index contributed by atoms with van der Waals surface area (Å²) in [4.78, 5) is 33.3. The van der Waals surface area contributed by atoms with Crippen LogP contribution in [-0.2, 0) is 9.59 Å². The van der Waals surface area contributed by atoms with Crippen LogP contribution in [0.3, 0.4) is 0 Å². The fraction of sp³-hybridized carbons (Fsp3) is 0.471. The first kappa shape index (κ1) is 21.2. The minimum atomic E-state index is -1.14. The monoisotopic (exact) mass is 367 g/mol. The molecule has 26 heavy (non-hydrogen) atoms. The molecular weight excluding hydrogens is 342 g/mol. The van der Waals surface area contributed by atoms with Gasteiger partial charge in [-0.05, 0) is 44.5 Å². The number of carboxylic acids is 1. The molecule has 0 atom stereocenters. The lowest BCUT2D eigenvalue weighted by Crippen LogP contribution is -2.28. The van der Waals surface area contributed by atoms with E-state index >= 15 is 0 Å². The number of carbonyl (C=O) groups is 3. The number of aliphatic carboxylic acids is 1. The molecule has 9 heteroatoms. The van der Waals surface area contributed by atoms with Gasteiger partial charge in [-0.25, -0.2) is 0 Å². The standard InChI is InChI=1S/C17H25N3O6/c21-13-6-3-5-12(16(13)25)17(26)20-10-4-8-18-7-1-2-9-19-14(22)11-15(23)24/h3,5-6,18,21,25H,1-2,4,7-11H2,(H,19,22)(H,20,26)(H,23,24). The van der Waals surface area contributed by atoms with E-state index in [1.807, 2.05) is 0 Å². The Bertz CT molecular complexity index is 621. The lowest BCUT2D eigenvalue weighted by molar-refractivity contribution is -0.140. The topological polar surface area (TPSA) is 148 Å². The molecule has 144 valence electrons. The van der Waals surface area contributed by atoms with Crippen molar-refractivity contribution in [3.8, 4) is 11.5 Å². The Balaban J connectivity index is 2.01. The average molecular weight is 367 g/mol. The van der Waals surface area contributed by atoms with E-state index in [1.165, 1.54) is 18.2 Å². The number of unbranched alkanes of at least 4 members (excludes halogenated alkanes) is 1. The predicted molar refractivity (Wildman–Crippen MR) is 94.1 cm³/mol. The van der Waals surface area contributed by atoms with Crippen molar-refractivity contribution in [3.05, 3.63) is 23.8 Å². The van der Waals surface area contributed by atoms with E-state index < -0.39 is 30.0 Å². The molecule has 0 unspecified atom stereocenters. The van der Waals surface area contributed by atoms with Gasteiger partial charge in [-0.2, -0.15) is 0 Å². The maximum absolute atomic E-state index is 11.9. The zero-order valence-electron chi connectivity index (χ0n) is 14.5. The van der Waals surface area contributed by atoms with Crippen LogP contribution in [0.4, 0.5) is 0 Å². The molecule has 0 saturated heterocycles. The van der Waals surface area contributed by atoms with Crippen LogP contribution in [0.2, 0.25) is 0 Å². The number of phenols is 2. The molecule has 0 spiro atoms. The second-order valence-electron chi connectivity index (χ2n) is 5.66. The molecule has 9 nitrogen and oxygen atoms in total. The summed E-state index contributed by atoms with van der Waals surface area (Å²) in [6, 6.07) is 4.21. The quantitative estimate of drug-likeness (QED) is 0.175. The SMILES string of the molecule is O=C(O)CC(=O)NCCCCNCCCNC(=O)c1cccc(O)c1O. The Morgan fingerprint density at radius 3 is 2.27 bits per heavy atom. The summed E-state index contributed by atoms with van der Waals surface area (Å²) in [5.41, 5.74) is 0.0305. The highest BCUT2D eigenvalue weighted by molar-refractivity contribution is 5.97. The smallest absolute Gasteiger partial charge is 0.312 e. The van der Waals surface area contributed by atoms with Crippen LogP contribution < -0.4 is 16.0 Å². The fourth-order valence-electron chi connectivity index (χ4n) is 2.15. The first-order valence-electron chi connectivity index (χ1n) is 8.40. The Morgan fingerprint density at radius 2 is 1.54 bits per heavy atom. The lowest BCUT2D eigenvalue weighted by atomic mass is 10.1. The zero-order valence-corrected chi connectivity index (χ0v) is 14.5. The van der Waals surface area contributed by atoms with Crippen LogP contribution in [0.5, 0.6) is 11.5 Å². The van der Waals surface area contributed by atoms with Gasteiger partial charge in [0.15, 0.2) is 11.5 Å². The van der Waals surface area contributed by atoms with Crippen molar-refractivity contribution < 1.29 is 29.7 Å². The van der Waals surface area contributed by atoms with E-state index in [-0.39, 0.29) is 11.3 Å². The van der Waals surface area contributed by atoms with Gasteiger partial charge in [-0.3, -0.25) is 14.4 Å². The maximum atomic E-state index is 11.9. The molecule has 0 bridgehead atoms. The number of hydrogen-bond donors (Lipinski definition) is 6. The van der Waals surface area contributed by atoms with Gasteiger partial charge in [0.2, 0.25) is 5.91 Å². The molecule has 0 aliphatic rings. The van der Waals surface area contributed by atoms with Gasteiger partial charge in [0.1, 0.15) is 6.42 Å². The number of benzene rings is 1. The normalized spacial score (nSPS) is 10.3.